The Morgan fingerprint density at radius 1 is 1.53 bits per heavy atom. The SMILES string of the molecule is C#Cc1c(NC)ncnc1N(C)[C@H]1CNCC[C@H]1C. The molecule has 0 radical (unpaired) electrons. The lowest BCUT2D eigenvalue weighted by Crippen LogP contribution is -2.49. The minimum absolute atomic E-state index is 0.403. The van der Waals surface area contributed by atoms with Crippen molar-refractivity contribution >= 4 is 11.6 Å². The van der Waals surface area contributed by atoms with Gasteiger partial charge < -0.3 is 15.5 Å². The van der Waals surface area contributed by atoms with Crippen molar-refractivity contribution in [2.45, 2.75) is 19.4 Å². The lowest BCUT2D eigenvalue weighted by Gasteiger charge is -2.37. The molecule has 0 aliphatic carbocycles. The van der Waals surface area contributed by atoms with Gasteiger partial charge in [0, 0.05) is 26.7 Å². The van der Waals surface area contributed by atoms with Gasteiger partial charge in [0.05, 0.1) is 0 Å². The number of nitrogens with zero attached hydrogens (tertiary/aromatic N) is 3. The van der Waals surface area contributed by atoms with Gasteiger partial charge in [0.25, 0.3) is 0 Å². The minimum Gasteiger partial charge on any atom is -0.372 e. The summed E-state index contributed by atoms with van der Waals surface area (Å²) in [6.45, 7) is 4.32. The smallest absolute Gasteiger partial charge is 0.150 e. The first-order valence-electron chi connectivity index (χ1n) is 6.62. The normalized spacial score (nSPS) is 22.6. The van der Waals surface area contributed by atoms with E-state index >= 15 is 0 Å². The van der Waals surface area contributed by atoms with Gasteiger partial charge in [-0.2, -0.15) is 0 Å². The molecule has 102 valence electrons. The topological polar surface area (TPSA) is 53.1 Å². The second-order valence-corrected chi connectivity index (χ2v) is 4.96. The molecule has 2 atom stereocenters. The zero-order valence-electron chi connectivity index (χ0n) is 11.8. The summed E-state index contributed by atoms with van der Waals surface area (Å²) in [7, 11) is 3.87. The molecule has 1 fully saturated rings. The fourth-order valence-electron chi connectivity index (χ4n) is 2.62. The summed E-state index contributed by atoms with van der Waals surface area (Å²) in [4.78, 5) is 10.7. The summed E-state index contributed by atoms with van der Waals surface area (Å²) in [6, 6.07) is 0.403. The lowest BCUT2D eigenvalue weighted by molar-refractivity contribution is 0.337. The van der Waals surface area contributed by atoms with E-state index in [9.17, 15) is 0 Å². The van der Waals surface area contributed by atoms with E-state index in [4.69, 9.17) is 6.42 Å². The van der Waals surface area contributed by atoms with Gasteiger partial charge in [0.15, 0.2) is 0 Å². The zero-order valence-corrected chi connectivity index (χ0v) is 11.8. The number of piperidine rings is 1. The van der Waals surface area contributed by atoms with Crippen LogP contribution in [-0.2, 0) is 0 Å². The van der Waals surface area contributed by atoms with Crippen molar-refractivity contribution in [2.75, 3.05) is 37.4 Å². The van der Waals surface area contributed by atoms with Gasteiger partial charge in [-0.3, -0.25) is 0 Å². The van der Waals surface area contributed by atoms with E-state index in [0.717, 1.165) is 24.5 Å². The highest BCUT2D eigenvalue weighted by atomic mass is 15.2. The average molecular weight is 259 g/mol. The Hall–Kier alpha value is -1.80. The Morgan fingerprint density at radius 3 is 2.95 bits per heavy atom. The summed E-state index contributed by atoms with van der Waals surface area (Å²) in [5.74, 6) is 4.84. The molecule has 2 heterocycles. The van der Waals surface area contributed by atoms with Crippen LogP contribution in [0.1, 0.15) is 18.9 Å². The maximum Gasteiger partial charge on any atom is 0.150 e. The van der Waals surface area contributed by atoms with Crippen molar-refractivity contribution in [3.8, 4) is 12.3 Å². The van der Waals surface area contributed by atoms with E-state index in [2.05, 4.69) is 45.4 Å². The Balaban J connectivity index is 2.33. The molecule has 1 aliphatic heterocycles. The van der Waals surface area contributed by atoms with Crippen LogP contribution in [-0.4, -0.2) is 43.2 Å². The van der Waals surface area contributed by atoms with E-state index in [1.165, 1.54) is 6.42 Å². The van der Waals surface area contributed by atoms with Crippen LogP contribution >= 0.6 is 0 Å². The fourth-order valence-corrected chi connectivity index (χ4v) is 2.62. The first-order valence-corrected chi connectivity index (χ1v) is 6.62. The maximum absolute atomic E-state index is 5.62. The highest BCUT2D eigenvalue weighted by molar-refractivity contribution is 5.66. The largest absolute Gasteiger partial charge is 0.372 e. The van der Waals surface area contributed by atoms with Crippen LogP contribution in [0.3, 0.4) is 0 Å². The van der Waals surface area contributed by atoms with Crippen molar-refractivity contribution in [2.24, 2.45) is 5.92 Å². The third kappa shape index (κ3) is 2.64. The highest BCUT2D eigenvalue weighted by Crippen LogP contribution is 2.26. The molecule has 5 heteroatoms. The first-order chi connectivity index (χ1) is 9.19. The molecule has 0 bridgehead atoms. The summed E-state index contributed by atoms with van der Waals surface area (Å²) in [5.41, 5.74) is 0.727. The van der Waals surface area contributed by atoms with Gasteiger partial charge in [-0.1, -0.05) is 12.8 Å². The number of hydrogen-bond donors (Lipinski definition) is 2. The monoisotopic (exact) mass is 259 g/mol. The molecular formula is C14H21N5. The van der Waals surface area contributed by atoms with Crippen molar-refractivity contribution in [1.29, 1.82) is 0 Å². The van der Waals surface area contributed by atoms with E-state index in [1.54, 1.807) is 6.33 Å². The molecule has 0 unspecified atom stereocenters. The Morgan fingerprint density at radius 2 is 2.32 bits per heavy atom. The molecule has 0 spiro atoms. The number of likely N-dealkylation sites (N-methyl/N-ethyl adjacent to an activating group) is 1. The van der Waals surface area contributed by atoms with Crippen LogP contribution in [0.2, 0.25) is 0 Å². The van der Waals surface area contributed by atoms with E-state index in [1.807, 2.05) is 7.05 Å². The number of aromatic nitrogens is 2. The summed E-state index contributed by atoms with van der Waals surface area (Å²) >= 11 is 0. The predicted octanol–water partition coefficient (Wildman–Crippen LogP) is 0.934. The Labute approximate surface area is 114 Å². The first kappa shape index (κ1) is 13.6. The quantitative estimate of drug-likeness (QED) is 0.791. The standard InChI is InChI=1S/C14H21N5/c1-5-11-13(15-3)17-9-18-14(11)19(4)12-8-16-7-6-10(12)2/h1,9-10,12,16H,6-8H2,2-4H3,(H,15,17,18)/t10-,12+/m1/s1. The fraction of sp³-hybridized carbons (Fsp3) is 0.571. The molecule has 2 N–H and O–H groups in total. The molecule has 19 heavy (non-hydrogen) atoms. The van der Waals surface area contributed by atoms with Gasteiger partial charge in [-0.05, 0) is 18.9 Å². The van der Waals surface area contributed by atoms with Crippen LogP contribution in [0, 0.1) is 18.3 Å². The minimum atomic E-state index is 0.403. The maximum atomic E-state index is 5.62. The van der Waals surface area contributed by atoms with Gasteiger partial charge in [-0.25, -0.2) is 9.97 Å². The number of rotatable bonds is 3. The van der Waals surface area contributed by atoms with E-state index in [-0.39, 0.29) is 0 Å². The van der Waals surface area contributed by atoms with Crippen molar-refractivity contribution in [3.05, 3.63) is 11.9 Å². The van der Waals surface area contributed by atoms with Gasteiger partial charge in [0.1, 0.15) is 23.5 Å². The van der Waals surface area contributed by atoms with Crippen molar-refractivity contribution in [1.82, 2.24) is 15.3 Å². The molecule has 0 amide bonds. The van der Waals surface area contributed by atoms with Crippen molar-refractivity contribution in [3.63, 3.8) is 0 Å². The van der Waals surface area contributed by atoms with E-state index in [0.29, 0.717) is 17.8 Å². The lowest BCUT2D eigenvalue weighted by atomic mass is 9.93. The van der Waals surface area contributed by atoms with Crippen LogP contribution < -0.4 is 15.5 Å². The molecular weight excluding hydrogens is 238 g/mol. The summed E-state index contributed by atoms with van der Waals surface area (Å²) in [5, 5.41) is 6.45. The summed E-state index contributed by atoms with van der Waals surface area (Å²) in [6.07, 6.45) is 8.34. The van der Waals surface area contributed by atoms with Gasteiger partial charge in [-0.15, -0.1) is 6.42 Å². The van der Waals surface area contributed by atoms with Crippen LogP contribution in [0.4, 0.5) is 11.6 Å². The summed E-state index contributed by atoms with van der Waals surface area (Å²) < 4.78 is 0. The predicted molar refractivity (Wildman–Crippen MR) is 78.4 cm³/mol. The second kappa shape index (κ2) is 5.89. The molecule has 2 rings (SSSR count). The molecule has 1 aromatic rings. The number of anilines is 2. The number of nitrogens with one attached hydrogen (secondary N) is 2. The average Bonchev–Trinajstić information content (AvgIpc) is 2.46. The Bertz CT molecular complexity index is 479. The zero-order chi connectivity index (χ0) is 13.8. The van der Waals surface area contributed by atoms with Crippen LogP contribution in [0.5, 0.6) is 0 Å². The highest BCUT2D eigenvalue weighted by Gasteiger charge is 2.27. The van der Waals surface area contributed by atoms with Crippen LogP contribution in [0.15, 0.2) is 6.33 Å². The molecule has 1 aromatic heterocycles. The third-order valence-corrected chi connectivity index (χ3v) is 3.83. The molecule has 1 aliphatic rings. The van der Waals surface area contributed by atoms with Gasteiger partial charge >= 0.3 is 0 Å². The number of hydrogen-bond acceptors (Lipinski definition) is 5. The molecule has 0 saturated carbocycles. The van der Waals surface area contributed by atoms with E-state index < -0.39 is 0 Å². The molecule has 0 aromatic carbocycles. The van der Waals surface area contributed by atoms with Crippen molar-refractivity contribution < 1.29 is 0 Å². The van der Waals surface area contributed by atoms with Crippen LogP contribution in [0.25, 0.3) is 0 Å². The van der Waals surface area contributed by atoms with Gasteiger partial charge in [0.2, 0.25) is 0 Å². The second-order valence-electron chi connectivity index (χ2n) is 4.96. The third-order valence-electron chi connectivity index (χ3n) is 3.83. The molecule has 1 saturated heterocycles. The Kier molecular flexibility index (Phi) is 4.23. The number of terminal acetylenes is 1. The molecule has 5 nitrogen and oxygen atoms in total.